The van der Waals surface area contributed by atoms with Gasteiger partial charge in [-0.15, -0.1) is 0 Å². The normalized spacial score (nSPS) is 15.9. The van der Waals surface area contributed by atoms with Gasteiger partial charge in [-0.25, -0.2) is 4.68 Å². The second-order valence-electron chi connectivity index (χ2n) is 3.77. The van der Waals surface area contributed by atoms with Crippen LogP contribution in [-0.4, -0.2) is 49.3 Å². The summed E-state index contributed by atoms with van der Waals surface area (Å²) >= 11 is 0. The molecular weight excluding hydrogens is 224 g/mol. The Kier molecular flexibility index (Phi) is 3.72. The standard InChI is InChI=1S/C10H16N4O3/c1-16-10(17-2)9(15)13-8-3-4-12-14(8)7-5-11-6-7/h3-4,7,10-11H,5-6H2,1-2H3,(H,13,15). The van der Waals surface area contributed by atoms with Crippen LogP contribution < -0.4 is 10.6 Å². The number of aromatic nitrogens is 2. The first-order valence-corrected chi connectivity index (χ1v) is 5.37. The lowest BCUT2D eigenvalue weighted by molar-refractivity contribution is -0.153. The number of hydrogen-bond donors (Lipinski definition) is 2. The predicted molar refractivity (Wildman–Crippen MR) is 60.6 cm³/mol. The van der Waals surface area contributed by atoms with Gasteiger partial charge in [0.05, 0.1) is 12.2 Å². The molecule has 0 unspecified atom stereocenters. The molecule has 2 heterocycles. The molecule has 1 aliphatic rings. The fraction of sp³-hybridized carbons (Fsp3) is 0.600. The van der Waals surface area contributed by atoms with Gasteiger partial charge in [-0.2, -0.15) is 5.10 Å². The third-order valence-electron chi connectivity index (χ3n) is 2.67. The number of carbonyl (C=O) groups is 1. The second-order valence-corrected chi connectivity index (χ2v) is 3.77. The Morgan fingerprint density at radius 2 is 2.29 bits per heavy atom. The number of nitrogens with one attached hydrogen (secondary N) is 2. The molecule has 17 heavy (non-hydrogen) atoms. The van der Waals surface area contributed by atoms with Gasteiger partial charge in [-0.05, 0) is 0 Å². The van der Waals surface area contributed by atoms with Gasteiger partial charge in [0.25, 0.3) is 5.91 Å². The molecule has 0 aromatic carbocycles. The van der Waals surface area contributed by atoms with E-state index in [9.17, 15) is 4.79 Å². The van der Waals surface area contributed by atoms with E-state index in [4.69, 9.17) is 9.47 Å². The summed E-state index contributed by atoms with van der Waals surface area (Å²) in [6.07, 6.45) is 0.751. The average molecular weight is 240 g/mol. The van der Waals surface area contributed by atoms with Gasteiger partial charge < -0.3 is 20.1 Å². The first-order chi connectivity index (χ1) is 8.26. The van der Waals surface area contributed by atoms with E-state index in [1.165, 1.54) is 14.2 Å². The summed E-state index contributed by atoms with van der Waals surface area (Å²) in [5.41, 5.74) is 0. The molecule has 0 aliphatic carbocycles. The van der Waals surface area contributed by atoms with E-state index in [2.05, 4.69) is 15.7 Å². The van der Waals surface area contributed by atoms with Crippen molar-refractivity contribution in [1.82, 2.24) is 15.1 Å². The van der Waals surface area contributed by atoms with Crippen LogP contribution in [0.25, 0.3) is 0 Å². The Morgan fingerprint density at radius 3 is 2.82 bits per heavy atom. The molecule has 0 bridgehead atoms. The molecule has 2 N–H and O–H groups in total. The molecule has 1 saturated heterocycles. The van der Waals surface area contributed by atoms with Crippen LogP contribution in [0.5, 0.6) is 0 Å². The highest BCUT2D eigenvalue weighted by molar-refractivity contribution is 5.92. The van der Waals surface area contributed by atoms with Gasteiger partial charge in [0.2, 0.25) is 6.29 Å². The molecule has 0 saturated carbocycles. The number of methoxy groups -OCH3 is 2. The van der Waals surface area contributed by atoms with Crippen LogP contribution in [0.2, 0.25) is 0 Å². The zero-order valence-corrected chi connectivity index (χ0v) is 9.84. The van der Waals surface area contributed by atoms with Gasteiger partial charge in [-0.3, -0.25) is 4.79 Å². The minimum atomic E-state index is -0.905. The Labute approximate surface area is 99.1 Å². The van der Waals surface area contributed by atoms with Crippen molar-refractivity contribution in [3.8, 4) is 0 Å². The van der Waals surface area contributed by atoms with Crippen molar-refractivity contribution < 1.29 is 14.3 Å². The van der Waals surface area contributed by atoms with Crippen LogP contribution in [-0.2, 0) is 14.3 Å². The Hall–Kier alpha value is -1.44. The summed E-state index contributed by atoms with van der Waals surface area (Å²) in [6, 6.07) is 2.04. The summed E-state index contributed by atoms with van der Waals surface area (Å²) in [5, 5.41) is 10.1. The highest BCUT2D eigenvalue weighted by Gasteiger charge is 2.24. The SMILES string of the molecule is COC(OC)C(=O)Nc1ccnn1C1CNC1. The molecule has 2 rings (SSSR count). The van der Waals surface area contributed by atoms with Crippen molar-refractivity contribution in [3.63, 3.8) is 0 Å². The van der Waals surface area contributed by atoms with Gasteiger partial charge in [-0.1, -0.05) is 0 Å². The van der Waals surface area contributed by atoms with Crippen LogP contribution in [0.3, 0.4) is 0 Å². The lowest BCUT2D eigenvalue weighted by Gasteiger charge is -2.28. The maximum Gasteiger partial charge on any atom is 0.282 e. The molecule has 7 nitrogen and oxygen atoms in total. The summed E-state index contributed by atoms with van der Waals surface area (Å²) in [6.45, 7) is 1.73. The van der Waals surface area contributed by atoms with Crippen molar-refractivity contribution in [3.05, 3.63) is 12.3 Å². The summed E-state index contributed by atoms with van der Waals surface area (Å²) < 4.78 is 11.5. The smallest absolute Gasteiger partial charge is 0.282 e. The molecule has 1 aliphatic heterocycles. The Balaban J connectivity index is 2.02. The van der Waals surface area contributed by atoms with E-state index in [1.54, 1.807) is 16.9 Å². The molecule has 1 aromatic heterocycles. The molecular formula is C10H16N4O3. The molecule has 1 aromatic rings. The monoisotopic (exact) mass is 240 g/mol. The number of amides is 1. The largest absolute Gasteiger partial charge is 0.348 e. The number of nitrogens with zero attached hydrogens (tertiary/aromatic N) is 2. The zero-order chi connectivity index (χ0) is 12.3. The third-order valence-corrected chi connectivity index (χ3v) is 2.67. The molecule has 1 fully saturated rings. The Bertz CT molecular complexity index is 385. The number of anilines is 1. The van der Waals surface area contributed by atoms with E-state index in [-0.39, 0.29) is 5.91 Å². The summed E-state index contributed by atoms with van der Waals surface area (Å²) in [4.78, 5) is 11.7. The summed E-state index contributed by atoms with van der Waals surface area (Å²) in [7, 11) is 2.84. The molecule has 0 spiro atoms. The van der Waals surface area contributed by atoms with Crippen LogP contribution >= 0.6 is 0 Å². The van der Waals surface area contributed by atoms with E-state index < -0.39 is 6.29 Å². The molecule has 0 atom stereocenters. The van der Waals surface area contributed by atoms with Crippen molar-refractivity contribution in [2.45, 2.75) is 12.3 Å². The molecule has 1 amide bonds. The quantitative estimate of drug-likeness (QED) is 0.684. The first kappa shape index (κ1) is 12.0. The fourth-order valence-corrected chi connectivity index (χ4v) is 1.65. The van der Waals surface area contributed by atoms with Gasteiger partial charge in [0, 0.05) is 33.4 Å². The van der Waals surface area contributed by atoms with Gasteiger partial charge in [0.15, 0.2) is 0 Å². The van der Waals surface area contributed by atoms with E-state index >= 15 is 0 Å². The molecule has 94 valence electrons. The maximum atomic E-state index is 11.7. The lowest BCUT2D eigenvalue weighted by Crippen LogP contribution is -2.44. The van der Waals surface area contributed by atoms with Crippen LogP contribution in [0.1, 0.15) is 6.04 Å². The molecule has 0 radical (unpaired) electrons. The Morgan fingerprint density at radius 1 is 1.59 bits per heavy atom. The van der Waals surface area contributed by atoms with Crippen molar-refractivity contribution >= 4 is 11.7 Å². The highest BCUT2D eigenvalue weighted by atomic mass is 16.7. The predicted octanol–water partition coefficient (Wildman–Crippen LogP) is -0.415. The minimum absolute atomic E-state index is 0.295. The minimum Gasteiger partial charge on any atom is -0.348 e. The highest BCUT2D eigenvalue weighted by Crippen LogP contribution is 2.17. The van der Waals surface area contributed by atoms with E-state index in [0.717, 1.165) is 13.1 Å². The van der Waals surface area contributed by atoms with Crippen LogP contribution in [0.15, 0.2) is 12.3 Å². The fourth-order valence-electron chi connectivity index (χ4n) is 1.65. The molecule has 7 heteroatoms. The maximum absolute atomic E-state index is 11.7. The van der Waals surface area contributed by atoms with Crippen molar-refractivity contribution in [2.24, 2.45) is 0 Å². The van der Waals surface area contributed by atoms with Crippen molar-refractivity contribution in [2.75, 3.05) is 32.6 Å². The number of hydrogen-bond acceptors (Lipinski definition) is 5. The van der Waals surface area contributed by atoms with E-state index in [1.807, 2.05) is 0 Å². The number of carbonyl (C=O) groups excluding carboxylic acids is 1. The van der Waals surface area contributed by atoms with Gasteiger partial charge >= 0.3 is 0 Å². The van der Waals surface area contributed by atoms with Crippen molar-refractivity contribution in [1.29, 1.82) is 0 Å². The third kappa shape index (κ3) is 2.46. The second kappa shape index (κ2) is 5.26. The number of rotatable bonds is 5. The summed E-state index contributed by atoms with van der Waals surface area (Å²) in [5.74, 6) is 0.310. The topological polar surface area (TPSA) is 77.4 Å². The van der Waals surface area contributed by atoms with Crippen LogP contribution in [0.4, 0.5) is 5.82 Å². The zero-order valence-electron chi connectivity index (χ0n) is 9.84. The van der Waals surface area contributed by atoms with E-state index in [0.29, 0.717) is 11.9 Å². The lowest BCUT2D eigenvalue weighted by atomic mass is 10.2. The first-order valence-electron chi connectivity index (χ1n) is 5.37. The van der Waals surface area contributed by atoms with Crippen LogP contribution in [0, 0.1) is 0 Å². The van der Waals surface area contributed by atoms with Gasteiger partial charge in [0.1, 0.15) is 5.82 Å². The number of ether oxygens (including phenoxy) is 2. The average Bonchev–Trinajstić information content (AvgIpc) is 2.66.